The van der Waals surface area contributed by atoms with Gasteiger partial charge in [0.05, 0.1) is 0 Å². The summed E-state index contributed by atoms with van der Waals surface area (Å²) in [6.07, 6.45) is 3.04. The van der Waals surface area contributed by atoms with Crippen molar-refractivity contribution in [1.29, 1.82) is 0 Å². The van der Waals surface area contributed by atoms with Crippen molar-refractivity contribution in [3.05, 3.63) is 65.9 Å². The Bertz CT molecular complexity index is 879. The van der Waals surface area contributed by atoms with E-state index in [1.54, 1.807) is 6.20 Å². The van der Waals surface area contributed by atoms with E-state index in [0.717, 1.165) is 48.1 Å². The highest BCUT2D eigenvalue weighted by Crippen LogP contribution is 2.29. The Morgan fingerprint density at radius 1 is 1.20 bits per heavy atom. The molecule has 0 radical (unpaired) electrons. The van der Waals surface area contributed by atoms with Crippen LogP contribution in [-0.2, 0) is 6.54 Å². The van der Waals surface area contributed by atoms with Gasteiger partial charge in [-0.3, -0.25) is 4.90 Å². The number of pyridine rings is 1. The fraction of sp³-hybridized carbons (Fsp3) is 0.286. The van der Waals surface area contributed by atoms with Gasteiger partial charge in [0.15, 0.2) is 0 Å². The minimum absolute atomic E-state index is 0.235. The van der Waals surface area contributed by atoms with Crippen LogP contribution in [0.3, 0.4) is 0 Å². The van der Waals surface area contributed by atoms with Gasteiger partial charge in [-0.2, -0.15) is 0 Å². The summed E-state index contributed by atoms with van der Waals surface area (Å²) in [6, 6.07) is 16.8. The largest absolute Gasteiger partial charge is 0.489 e. The number of anilines is 1. The Morgan fingerprint density at radius 3 is 2.88 bits per heavy atom. The summed E-state index contributed by atoms with van der Waals surface area (Å²) in [5.74, 6) is 1.52. The molecule has 1 fully saturated rings. The topological polar surface area (TPSA) is 51.4 Å². The van der Waals surface area contributed by atoms with Crippen molar-refractivity contribution < 1.29 is 4.74 Å². The molecule has 1 saturated heterocycles. The molecule has 1 aliphatic rings. The number of nitrogen functional groups attached to an aromatic ring is 1. The molecule has 128 valence electrons. The van der Waals surface area contributed by atoms with Gasteiger partial charge in [0.25, 0.3) is 0 Å². The SMILES string of the molecule is Cc1cc2c(N)nccc2cc1OC1CCN(Cc2ccccc2)C1. The first-order valence-electron chi connectivity index (χ1n) is 8.77. The molecule has 2 aromatic carbocycles. The van der Waals surface area contributed by atoms with E-state index in [4.69, 9.17) is 10.5 Å². The fourth-order valence-electron chi connectivity index (χ4n) is 3.52. The lowest BCUT2D eigenvalue weighted by Crippen LogP contribution is -2.24. The summed E-state index contributed by atoms with van der Waals surface area (Å²) in [5.41, 5.74) is 8.43. The molecule has 0 saturated carbocycles. The highest BCUT2D eigenvalue weighted by atomic mass is 16.5. The van der Waals surface area contributed by atoms with Crippen molar-refractivity contribution >= 4 is 16.6 Å². The summed E-state index contributed by atoms with van der Waals surface area (Å²) >= 11 is 0. The Hall–Kier alpha value is -2.59. The second-order valence-electron chi connectivity index (χ2n) is 6.78. The Kier molecular flexibility index (Phi) is 4.28. The molecule has 0 bridgehead atoms. The van der Waals surface area contributed by atoms with E-state index in [9.17, 15) is 0 Å². The Balaban J connectivity index is 1.46. The monoisotopic (exact) mass is 333 g/mol. The summed E-state index contributed by atoms with van der Waals surface area (Å²) < 4.78 is 6.32. The number of likely N-dealkylation sites (tertiary alicyclic amines) is 1. The number of hydrogen-bond donors (Lipinski definition) is 1. The van der Waals surface area contributed by atoms with Crippen LogP contribution in [0.2, 0.25) is 0 Å². The fourth-order valence-corrected chi connectivity index (χ4v) is 3.52. The predicted octanol–water partition coefficient (Wildman–Crippen LogP) is 3.78. The molecule has 0 amide bonds. The molecule has 4 rings (SSSR count). The van der Waals surface area contributed by atoms with Crippen LogP contribution in [0.15, 0.2) is 54.7 Å². The third-order valence-electron chi connectivity index (χ3n) is 4.86. The van der Waals surface area contributed by atoms with E-state index in [1.165, 1.54) is 5.56 Å². The van der Waals surface area contributed by atoms with Crippen LogP contribution in [0.25, 0.3) is 10.8 Å². The maximum atomic E-state index is 6.32. The first-order chi connectivity index (χ1) is 12.2. The van der Waals surface area contributed by atoms with Crippen LogP contribution in [0.1, 0.15) is 17.5 Å². The Labute approximate surface area is 148 Å². The molecule has 25 heavy (non-hydrogen) atoms. The van der Waals surface area contributed by atoms with Crippen molar-refractivity contribution in [2.45, 2.75) is 26.0 Å². The van der Waals surface area contributed by atoms with Crippen molar-refractivity contribution in [2.75, 3.05) is 18.8 Å². The van der Waals surface area contributed by atoms with Gasteiger partial charge >= 0.3 is 0 Å². The number of fused-ring (bicyclic) bond motifs is 1. The first-order valence-corrected chi connectivity index (χ1v) is 8.77. The van der Waals surface area contributed by atoms with E-state index >= 15 is 0 Å². The van der Waals surface area contributed by atoms with Gasteiger partial charge in [0, 0.05) is 31.2 Å². The van der Waals surface area contributed by atoms with E-state index in [1.807, 2.05) is 6.07 Å². The molecule has 4 heteroatoms. The molecular weight excluding hydrogens is 310 g/mol. The number of hydrogen-bond acceptors (Lipinski definition) is 4. The van der Waals surface area contributed by atoms with Crippen molar-refractivity contribution in [3.63, 3.8) is 0 Å². The van der Waals surface area contributed by atoms with Crippen LogP contribution in [0.5, 0.6) is 5.75 Å². The summed E-state index contributed by atoms with van der Waals surface area (Å²) in [7, 11) is 0. The lowest BCUT2D eigenvalue weighted by atomic mass is 10.1. The zero-order valence-electron chi connectivity index (χ0n) is 14.5. The smallest absolute Gasteiger partial charge is 0.131 e. The maximum Gasteiger partial charge on any atom is 0.131 e. The van der Waals surface area contributed by atoms with Gasteiger partial charge in [-0.25, -0.2) is 4.98 Å². The number of nitrogens with two attached hydrogens (primary N) is 1. The summed E-state index contributed by atoms with van der Waals surface area (Å²) in [6.45, 7) is 5.09. The second kappa shape index (κ2) is 6.73. The summed E-state index contributed by atoms with van der Waals surface area (Å²) in [4.78, 5) is 6.62. The normalized spacial score (nSPS) is 17.9. The molecule has 4 nitrogen and oxygen atoms in total. The van der Waals surface area contributed by atoms with Crippen LogP contribution in [0, 0.1) is 6.92 Å². The van der Waals surface area contributed by atoms with E-state index in [2.05, 4.69) is 59.3 Å². The second-order valence-corrected chi connectivity index (χ2v) is 6.78. The lowest BCUT2D eigenvalue weighted by Gasteiger charge is -2.18. The van der Waals surface area contributed by atoms with Crippen LogP contribution in [0.4, 0.5) is 5.82 Å². The minimum Gasteiger partial charge on any atom is -0.489 e. The van der Waals surface area contributed by atoms with Crippen LogP contribution >= 0.6 is 0 Å². The molecule has 2 N–H and O–H groups in total. The van der Waals surface area contributed by atoms with Gasteiger partial charge in [-0.15, -0.1) is 0 Å². The predicted molar refractivity (Wildman–Crippen MR) is 102 cm³/mol. The van der Waals surface area contributed by atoms with E-state index in [0.29, 0.717) is 5.82 Å². The molecular formula is C21H23N3O. The number of ether oxygens (including phenoxy) is 1. The molecule has 1 aromatic heterocycles. The van der Waals surface area contributed by atoms with Gasteiger partial charge in [-0.05, 0) is 48.1 Å². The van der Waals surface area contributed by atoms with Crippen LogP contribution in [-0.4, -0.2) is 29.1 Å². The van der Waals surface area contributed by atoms with Crippen molar-refractivity contribution in [2.24, 2.45) is 0 Å². The van der Waals surface area contributed by atoms with Crippen molar-refractivity contribution in [3.8, 4) is 5.75 Å². The number of aromatic nitrogens is 1. The standard InChI is InChI=1S/C21H23N3O/c1-15-11-19-17(7-9-23-21(19)22)12-20(15)25-18-8-10-24(14-18)13-16-5-3-2-4-6-16/h2-7,9,11-12,18H,8,10,13-14H2,1H3,(H2,22,23). The molecule has 2 heterocycles. The van der Waals surface area contributed by atoms with E-state index in [-0.39, 0.29) is 6.10 Å². The molecule has 0 spiro atoms. The highest BCUT2D eigenvalue weighted by Gasteiger charge is 2.24. The quantitative estimate of drug-likeness (QED) is 0.789. The number of rotatable bonds is 4. The summed E-state index contributed by atoms with van der Waals surface area (Å²) in [5, 5.41) is 2.07. The first kappa shape index (κ1) is 15.9. The number of aryl methyl sites for hydroxylation is 1. The van der Waals surface area contributed by atoms with Gasteiger partial charge in [0.1, 0.15) is 17.7 Å². The number of benzene rings is 2. The zero-order chi connectivity index (χ0) is 17.2. The molecule has 0 aliphatic carbocycles. The average molecular weight is 333 g/mol. The van der Waals surface area contributed by atoms with Gasteiger partial charge in [-0.1, -0.05) is 30.3 Å². The molecule has 1 unspecified atom stereocenters. The number of nitrogens with zero attached hydrogens (tertiary/aromatic N) is 2. The van der Waals surface area contributed by atoms with Gasteiger partial charge in [0.2, 0.25) is 0 Å². The van der Waals surface area contributed by atoms with E-state index < -0.39 is 0 Å². The Morgan fingerprint density at radius 2 is 2.04 bits per heavy atom. The molecule has 1 aliphatic heterocycles. The van der Waals surface area contributed by atoms with Crippen LogP contribution < -0.4 is 10.5 Å². The third-order valence-corrected chi connectivity index (χ3v) is 4.86. The molecule has 3 aromatic rings. The highest BCUT2D eigenvalue weighted by molar-refractivity contribution is 5.92. The maximum absolute atomic E-state index is 6.32. The zero-order valence-corrected chi connectivity index (χ0v) is 14.5. The third kappa shape index (κ3) is 3.44. The van der Waals surface area contributed by atoms with Gasteiger partial charge < -0.3 is 10.5 Å². The minimum atomic E-state index is 0.235. The van der Waals surface area contributed by atoms with Crippen molar-refractivity contribution in [1.82, 2.24) is 9.88 Å². The lowest BCUT2D eigenvalue weighted by molar-refractivity contribution is 0.197. The average Bonchev–Trinajstić information content (AvgIpc) is 3.04. The molecule has 1 atom stereocenters.